The highest BCUT2D eigenvalue weighted by atomic mass is 14.5. The molecule has 2 aliphatic rings. The molecule has 0 aromatic heterocycles. The molecule has 2 fully saturated rings. The first kappa shape index (κ1) is 13.4. The van der Waals surface area contributed by atoms with E-state index in [4.69, 9.17) is 0 Å². The lowest BCUT2D eigenvalue weighted by atomic mass is 9.59. The fraction of sp³-hybridized carbons (Fsp3) is 0.941. The Morgan fingerprint density at radius 3 is 2.12 bits per heavy atom. The van der Waals surface area contributed by atoms with Gasteiger partial charge in [0.1, 0.15) is 0 Å². The summed E-state index contributed by atoms with van der Waals surface area (Å²) in [7, 11) is 0. The molecule has 3 atom stereocenters. The summed E-state index contributed by atoms with van der Waals surface area (Å²) >= 11 is 0. The second-order valence-electron chi connectivity index (χ2n) is 8.06. The lowest BCUT2D eigenvalue weighted by Crippen LogP contribution is -2.37. The van der Waals surface area contributed by atoms with Crippen LogP contribution in [0, 0.1) is 34.5 Å². The van der Waals surface area contributed by atoms with Crippen molar-refractivity contribution in [3.05, 3.63) is 5.92 Å². The molecule has 3 unspecified atom stereocenters. The Kier molecular flexibility index (Phi) is 3.38. The highest BCUT2D eigenvalue weighted by Crippen LogP contribution is 2.57. The number of hydrogen-bond acceptors (Lipinski definition) is 0. The molecule has 0 spiro atoms. The van der Waals surface area contributed by atoms with Gasteiger partial charge in [0.25, 0.3) is 0 Å². The van der Waals surface area contributed by atoms with Crippen molar-refractivity contribution in [1.82, 2.24) is 0 Å². The Morgan fingerprint density at radius 1 is 0.941 bits per heavy atom. The van der Waals surface area contributed by atoms with Crippen LogP contribution in [0.2, 0.25) is 0 Å². The smallest absolute Gasteiger partial charge is 0.0174 e. The van der Waals surface area contributed by atoms with Gasteiger partial charge in [-0.05, 0) is 60.2 Å². The summed E-state index contributed by atoms with van der Waals surface area (Å²) in [6.45, 7) is 14.9. The van der Waals surface area contributed by atoms with Gasteiger partial charge < -0.3 is 0 Å². The van der Waals surface area contributed by atoms with Gasteiger partial charge in [-0.2, -0.15) is 0 Å². The molecule has 0 nitrogen and oxygen atoms in total. The maximum absolute atomic E-state index is 2.51. The molecular formula is C17H31. The number of hydrogen-bond donors (Lipinski definition) is 0. The summed E-state index contributed by atoms with van der Waals surface area (Å²) in [4.78, 5) is 0. The van der Waals surface area contributed by atoms with Crippen molar-refractivity contribution in [3.63, 3.8) is 0 Å². The lowest BCUT2D eigenvalue weighted by molar-refractivity contribution is 0.0850. The molecule has 2 saturated carbocycles. The predicted octanol–water partition coefficient (Wildman–Crippen LogP) is 5.48. The molecule has 0 amide bonds. The highest BCUT2D eigenvalue weighted by molar-refractivity contribution is 5.13. The van der Waals surface area contributed by atoms with Crippen LogP contribution >= 0.6 is 0 Å². The van der Waals surface area contributed by atoms with Gasteiger partial charge in [-0.25, -0.2) is 0 Å². The van der Waals surface area contributed by atoms with E-state index in [2.05, 4.69) is 41.5 Å². The SMILES string of the molecule is CC1[C](C2CCCC(C)(C)C2C)CCC1(C)C. The minimum absolute atomic E-state index is 0.552. The van der Waals surface area contributed by atoms with E-state index in [0.717, 1.165) is 17.8 Å². The summed E-state index contributed by atoms with van der Waals surface area (Å²) in [6.07, 6.45) is 7.14. The molecule has 99 valence electrons. The second-order valence-corrected chi connectivity index (χ2v) is 8.06. The Morgan fingerprint density at radius 2 is 1.59 bits per heavy atom. The van der Waals surface area contributed by atoms with Crippen molar-refractivity contribution in [1.29, 1.82) is 0 Å². The first-order valence-corrected chi connectivity index (χ1v) is 7.61. The van der Waals surface area contributed by atoms with Crippen molar-refractivity contribution in [3.8, 4) is 0 Å². The maximum Gasteiger partial charge on any atom is -0.0174 e. The third-order valence-electron chi connectivity index (χ3n) is 6.44. The quantitative estimate of drug-likeness (QED) is 0.564. The zero-order valence-electron chi connectivity index (χ0n) is 12.8. The zero-order chi connectivity index (χ0) is 12.8. The molecule has 1 radical (unpaired) electrons. The molecule has 0 aliphatic heterocycles. The van der Waals surface area contributed by atoms with E-state index in [1.54, 1.807) is 0 Å². The van der Waals surface area contributed by atoms with Gasteiger partial charge in [0, 0.05) is 0 Å². The van der Waals surface area contributed by atoms with E-state index in [-0.39, 0.29) is 0 Å². The second kappa shape index (κ2) is 4.28. The van der Waals surface area contributed by atoms with Crippen LogP contribution in [0.15, 0.2) is 0 Å². The lowest BCUT2D eigenvalue weighted by Gasteiger charge is -2.46. The van der Waals surface area contributed by atoms with Gasteiger partial charge in [0.15, 0.2) is 0 Å². The van der Waals surface area contributed by atoms with Crippen LogP contribution in [0.1, 0.15) is 73.6 Å². The average molecular weight is 235 g/mol. The molecule has 2 aliphatic carbocycles. The minimum Gasteiger partial charge on any atom is -0.0617 e. The van der Waals surface area contributed by atoms with Crippen LogP contribution < -0.4 is 0 Å². The molecule has 17 heavy (non-hydrogen) atoms. The van der Waals surface area contributed by atoms with Crippen LogP contribution in [-0.2, 0) is 0 Å². The predicted molar refractivity (Wildman–Crippen MR) is 75.7 cm³/mol. The van der Waals surface area contributed by atoms with Gasteiger partial charge in [0.2, 0.25) is 0 Å². The third kappa shape index (κ3) is 2.29. The van der Waals surface area contributed by atoms with Gasteiger partial charge in [-0.3, -0.25) is 0 Å². The van der Waals surface area contributed by atoms with Gasteiger partial charge in [-0.15, -0.1) is 0 Å². The van der Waals surface area contributed by atoms with Crippen molar-refractivity contribution >= 4 is 0 Å². The van der Waals surface area contributed by atoms with Crippen LogP contribution in [-0.4, -0.2) is 0 Å². The molecule has 0 aromatic carbocycles. The highest BCUT2D eigenvalue weighted by Gasteiger charge is 2.47. The van der Waals surface area contributed by atoms with Crippen LogP contribution in [0.5, 0.6) is 0 Å². The molecule has 2 rings (SSSR count). The Hall–Kier alpha value is 0. The fourth-order valence-electron chi connectivity index (χ4n) is 4.21. The molecule has 0 saturated heterocycles. The van der Waals surface area contributed by atoms with Crippen molar-refractivity contribution < 1.29 is 0 Å². The summed E-state index contributed by atoms with van der Waals surface area (Å²) in [6, 6.07) is 0. The van der Waals surface area contributed by atoms with E-state index in [1.165, 1.54) is 32.1 Å². The summed E-state index contributed by atoms with van der Waals surface area (Å²) in [5.74, 6) is 4.54. The van der Waals surface area contributed by atoms with E-state index < -0.39 is 0 Å². The molecule has 0 N–H and O–H groups in total. The number of rotatable bonds is 1. The topological polar surface area (TPSA) is 0 Å². The van der Waals surface area contributed by atoms with Crippen molar-refractivity contribution in [2.45, 2.75) is 73.6 Å². The van der Waals surface area contributed by atoms with Gasteiger partial charge in [0.05, 0.1) is 0 Å². The monoisotopic (exact) mass is 235 g/mol. The molecule has 0 bridgehead atoms. The average Bonchev–Trinajstić information content (AvgIpc) is 2.48. The molecule has 0 heteroatoms. The van der Waals surface area contributed by atoms with Crippen LogP contribution in [0.3, 0.4) is 0 Å². The summed E-state index contributed by atoms with van der Waals surface area (Å²) in [5.41, 5.74) is 1.11. The van der Waals surface area contributed by atoms with Crippen LogP contribution in [0.25, 0.3) is 0 Å². The van der Waals surface area contributed by atoms with Gasteiger partial charge in [-0.1, -0.05) is 48.0 Å². The van der Waals surface area contributed by atoms with E-state index >= 15 is 0 Å². The zero-order valence-corrected chi connectivity index (χ0v) is 12.8. The van der Waals surface area contributed by atoms with Gasteiger partial charge >= 0.3 is 0 Å². The third-order valence-corrected chi connectivity index (χ3v) is 6.44. The summed E-state index contributed by atoms with van der Waals surface area (Å²) in [5, 5.41) is 0. The van der Waals surface area contributed by atoms with Crippen molar-refractivity contribution in [2.24, 2.45) is 28.6 Å². The van der Waals surface area contributed by atoms with Crippen molar-refractivity contribution in [2.75, 3.05) is 0 Å². The molecule has 0 aromatic rings. The maximum atomic E-state index is 2.51. The largest absolute Gasteiger partial charge is 0.0617 e. The Balaban J connectivity index is 2.13. The molecular weight excluding hydrogens is 204 g/mol. The standard InChI is InChI=1S/C17H31/c1-12-14(8-7-10-16(12,3)4)15-9-11-17(5,6)13(15)2/h12-14H,7-11H2,1-6H3. The minimum atomic E-state index is 0.552. The van der Waals surface area contributed by atoms with Crippen LogP contribution in [0.4, 0.5) is 0 Å². The summed E-state index contributed by atoms with van der Waals surface area (Å²) < 4.78 is 0. The Labute approximate surface area is 109 Å². The first-order chi connectivity index (χ1) is 7.76. The molecule has 0 heterocycles. The fourth-order valence-corrected chi connectivity index (χ4v) is 4.21. The van der Waals surface area contributed by atoms with E-state index in [9.17, 15) is 0 Å². The Bertz CT molecular complexity index is 274. The normalized spacial score (nSPS) is 41.6. The first-order valence-electron chi connectivity index (χ1n) is 7.61. The van der Waals surface area contributed by atoms with E-state index in [0.29, 0.717) is 10.8 Å². The van der Waals surface area contributed by atoms with E-state index in [1.807, 2.05) is 5.92 Å².